The Kier molecular flexibility index (Phi) is 5.12. The van der Waals surface area contributed by atoms with Gasteiger partial charge < -0.3 is 14.6 Å². The average molecular weight is 293 g/mol. The molecule has 2 rings (SSSR count). The fourth-order valence-corrected chi connectivity index (χ4v) is 3.14. The van der Waals surface area contributed by atoms with Crippen LogP contribution < -0.4 is 9.47 Å². The van der Waals surface area contributed by atoms with Crippen molar-refractivity contribution in [2.24, 2.45) is 5.41 Å². The van der Waals surface area contributed by atoms with Crippen molar-refractivity contribution in [3.8, 4) is 11.5 Å². The van der Waals surface area contributed by atoms with Crippen LogP contribution in [0, 0.1) is 5.41 Å². The van der Waals surface area contributed by atoms with E-state index < -0.39 is 6.10 Å². The van der Waals surface area contributed by atoms with Gasteiger partial charge in [-0.25, -0.2) is 0 Å². The SMILES string of the molecule is COc1ccc(OC)c(C(O)CN2CCCC(C)(C)C2)c1. The fraction of sp³-hybridized carbons (Fsp3) is 0.647. The number of ether oxygens (including phenoxy) is 2. The van der Waals surface area contributed by atoms with Gasteiger partial charge in [0.25, 0.3) is 0 Å². The number of benzene rings is 1. The minimum atomic E-state index is -0.566. The molecule has 1 atom stereocenters. The highest BCUT2D eigenvalue weighted by Crippen LogP contribution is 2.33. The van der Waals surface area contributed by atoms with Crippen LogP contribution in [0.1, 0.15) is 38.4 Å². The first kappa shape index (κ1) is 16.1. The van der Waals surface area contributed by atoms with E-state index in [0.717, 1.165) is 24.4 Å². The van der Waals surface area contributed by atoms with Crippen LogP contribution >= 0.6 is 0 Å². The number of hydrogen-bond acceptors (Lipinski definition) is 4. The molecule has 1 aromatic rings. The molecule has 1 aliphatic rings. The van der Waals surface area contributed by atoms with E-state index in [2.05, 4.69) is 18.7 Å². The van der Waals surface area contributed by atoms with Crippen LogP contribution in [-0.4, -0.2) is 43.9 Å². The van der Waals surface area contributed by atoms with Gasteiger partial charge in [0.2, 0.25) is 0 Å². The van der Waals surface area contributed by atoms with Crippen LogP contribution in [0.25, 0.3) is 0 Å². The predicted octanol–water partition coefficient (Wildman–Crippen LogP) is 2.86. The molecule has 1 unspecified atom stereocenters. The third-order valence-corrected chi connectivity index (χ3v) is 4.21. The second-order valence-electron chi connectivity index (χ2n) is 6.63. The lowest BCUT2D eigenvalue weighted by Gasteiger charge is -2.39. The Hall–Kier alpha value is -1.26. The monoisotopic (exact) mass is 293 g/mol. The molecule has 0 saturated carbocycles. The van der Waals surface area contributed by atoms with Crippen LogP contribution in [-0.2, 0) is 0 Å². The van der Waals surface area contributed by atoms with Gasteiger partial charge in [0.15, 0.2) is 0 Å². The van der Waals surface area contributed by atoms with E-state index in [9.17, 15) is 5.11 Å². The molecule has 0 amide bonds. The Morgan fingerprint density at radius 1 is 1.29 bits per heavy atom. The number of aliphatic hydroxyl groups is 1. The highest BCUT2D eigenvalue weighted by atomic mass is 16.5. The number of rotatable bonds is 5. The summed E-state index contributed by atoms with van der Waals surface area (Å²) in [6.07, 6.45) is 1.88. The normalized spacial score (nSPS) is 20.0. The molecule has 1 saturated heterocycles. The third-order valence-electron chi connectivity index (χ3n) is 4.21. The topological polar surface area (TPSA) is 41.9 Å². The summed E-state index contributed by atoms with van der Waals surface area (Å²) in [5.74, 6) is 1.45. The van der Waals surface area contributed by atoms with Crippen molar-refractivity contribution in [3.05, 3.63) is 23.8 Å². The maximum absolute atomic E-state index is 10.6. The summed E-state index contributed by atoms with van der Waals surface area (Å²) >= 11 is 0. The van der Waals surface area contributed by atoms with E-state index in [0.29, 0.717) is 17.7 Å². The molecule has 1 aromatic carbocycles. The molecule has 0 spiro atoms. The van der Waals surface area contributed by atoms with E-state index in [1.807, 2.05) is 18.2 Å². The summed E-state index contributed by atoms with van der Waals surface area (Å²) in [5.41, 5.74) is 1.12. The molecule has 0 radical (unpaired) electrons. The molecule has 1 fully saturated rings. The van der Waals surface area contributed by atoms with Crippen LogP contribution in [0.3, 0.4) is 0 Å². The molecule has 0 aromatic heterocycles. The molecular formula is C17H27NO3. The van der Waals surface area contributed by atoms with Crippen LogP contribution in [0.4, 0.5) is 0 Å². The minimum absolute atomic E-state index is 0.330. The first-order chi connectivity index (χ1) is 9.95. The van der Waals surface area contributed by atoms with Crippen molar-refractivity contribution >= 4 is 0 Å². The van der Waals surface area contributed by atoms with Crippen molar-refractivity contribution < 1.29 is 14.6 Å². The first-order valence-electron chi connectivity index (χ1n) is 7.57. The van der Waals surface area contributed by atoms with Gasteiger partial charge in [-0.2, -0.15) is 0 Å². The summed E-state index contributed by atoms with van der Waals surface area (Å²) < 4.78 is 10.6. The second kappa shape index (κ2) is 6.67. The molecule has 4 nitrogen and oxygen atoms in total. The van der Waals surface area contributed by atoms with Crippen molar-refractivity contribution in [1.82, 2.24) is 4.90 Å². The van der Waals surface area contributed by atoms with Gasteiger partial charge in [-0.3, -0.25) is 4.90 Å². The van der Waals surface area contributed by atoms with Crippen LogP contribution in [0.15, 0.2) is 18.2 Å². The molecule has 1 aliphatic heterocycles. The number of hydrogen-bond donors (Lipinski definition) is 1. The van der Waals surface area contributed by atoms with Gasteiger partial charge in [0.05, 0.1) is 20.3 Å². The summed E-state index contributed by atoms with van der Waals surface area (Å²) in [5, 5.41) is 10.6. The van der Waals surface area contributed by atoms with E-state index in [-0.39, 0.29) is 0 Å². The zero-order valence-electron chi connectivity index (χ0n) is 13.6. The number of methoxy groups -OCH3 is 2. The lowest BCUT2D eigenvalue weighted by molar-refractivity contribution is 0.0587. The van der Waals surface area contributed by atoms with E-state index in [1.165, 1.54) is 12.8 Å². The molecule has 118 valence electrons. The van der Waals surface area contributed by atoms with Crippen molar-refractivity contribution in [2.75, 3.05) is 33.9 Å². The predicted molar refractivity (Wildman–Crippen MR) is 84.0 cm³/mol. The van der Waals surface area contributed by atoms with Gasteiger partial charge in [0, 0.05) is 18.7 Å². The van der Waals surface area contributed by atoms with Crippen LogP contribution in [0.5, 0.6) is 11.5 Å². The third kappa shape index (κ3) is 4.11. The number of piperidine rings is 1. The average Bonchev–Trinajstić information content (AvgIpc) is 2.45. The highest BCUT2D eigenvalue weighted by molar-refractivity contribution is 5.41. The Morgan fingerprint density at radius 3 is 2.67 bits per heavy atom. The van der Waals surface area contributed by atoms with Gasteiger partial charge in [-0.1, -0.05) is 13.8 Å². The number of aliphatic hydroxyl groups excluding tert-OH is 1. The zero-order chi connectivity index (χ0) is 15.5. The molecular weight excluding hydrogens is 266 g/mol. The Bertz CT molecular complexity index is 473. The highest BCUT2D eigenvalue weighted by Gasteiger charge is 2.28. The molecule has 1 heterocycles. The largest absolute Gasteiger partial charge is 0.497 e. The molecule has 0 bridgehead atoms. The van der Waals surface area contributed by atoms with E-state index in [4.69, 9.17) is 9.47 Å². The number of likely N-dealkylation sites (tertiary alicyclic amines) is 1. The molecule has 1 N–H and O–H groups in total. The summed E-state index contributed by atoms with van der Waals surface area (Å²) in [6.45, 7) is 7.28. The van der Waals surface area contributed by atoms with E-state index in [1.54, 1.807) is 14.2 Å². The number of β-amino-alcohol motifs (C(OH)–C–C–N with tert-alkyl or cyclic N) is 1. The van der Waals surface area contributed by atoms with Gasteiger partial charge in [0.1, 0.15) is 11.5 Å². The Labute approximate surface area is 127 Å². The smallest absolute Gasteiger partial charge is 0.124 e. The van der Waals surface area contributed by atoms with Gasteiger partial charge >= 0.3 is 0 Å². The molecule has 0 aliphatic carbocycles. The summed E-state index contributed by atoms with van der Waals surface area (Å²) in [4.78, 5) is 2.34. The van der Waals surface area contributed by atoms with Gasteiger partial charge in [-0.15, -0.1) is 0 Å². The second-order valence-corrected chi connectivity index (χ2v) is 6.63. The van der Waals surface area contributed by atoms with Crippen LogP contribution in [0.2, 0.25) is 0 Å². The maximum atomic E-state index is 10.6. The summed E-state index contributed by atoms with van der Waals surface area (Å²) in [7, 11) is 3.26. The Balaban J connectivity index is 2.10. The zero-order valence-corrected chi connectivity index (χ0v) is 13.6. The standard InChI is InChI=1S/C17H27NO3/c1-17(2)8-5-9-18(12-17)11-15(19)14-10-13(20-3)6-7-16(14)21-4/h6-7,10,15,19H,5,8-9,11-12H2,1-4H3. The molecule has 21 heavy (non-hydrogen) atoms. The van der Waals surface area contributed by atoms with Crippen molar-refractivity contribution in [1.29, 1.82) is 0 Å². The van der Waals surface area contributed by atoms with Crippen molar-refractivity contribution in [3.63, 3.8) is 0 Å². The fourth-order valence-electron chi connectivity index (χ4n) is 3.14. The number of nitrogens with zero attached hydrogens (tertiary/aromatic N) is 1. The van der Waals surface area contributed by atoms with Gasteiger partial charge in [-0.05, 0) is 43.0 Å². The molecule has 4 heteroatoms. The lowest BCUT2D eigenvalue weighted by atomic mass is 9.84. The quantitative estimate of drug-likeness (QED) is 0.906. The summed E-state index contributed by atoms with van der Waals surface area (Å²) in [6, 6.07) is 5.55. The lowest BCUT2D eigenvalue weighted by Crippen LogP contribution is -2.42. The van der Waals surface area contributed by atoms with Crippen molar-refractivity contribution in [2.45, 2.75) is 32.8 Å². The first-order valence-corrected chi connectivity index (χ1v) is 7.57. The van der Waals surface area contributed by atoms with E-state index >= 15 is 0 Å². The Morgan fingerprint density at radius 2 is 2.05 bits per heavy atom. The maximum Gasteiger partial charge on any atom is 0.124 e. The minimum Gasteiger partial charge on any atom is -0.497 e.